The predicted octanol–water partition coefficient (Wildman–Crippen LogP) is 3.04. The molecule has 0 aromatic heterocycles. The SMILES string of the molecule is C[C@H]1CN(CC(=O)Nc2ccc(Cl)c(Cl)c2)C[C@H](C)O1. The number of amides is 1. The minimum atomic E-state index is -0.0651. The average Bonchev–Trinajstić information content (AvgIpc) is 2.32. The van der Waals surface area contributed by atoms with Crippen molar-refractivity contribution in [2.45, 2.75) is 26.1 Å². The summed E-state index contributed by atoms with van der Waals surface area (Å²) >= 11 is 11.8. The summed E-state index contributed by atoms with van der Waals surface area (Å²) < 4.78 is 5.64. The van der Waals surface area contributed by atoms with E-state index in [0.29, 0.717) is 22.3 Å². The summed E-state index contributed by atoms with van der Waals surface area (Å²) in [6, 6.07) is 5.04. The molecule has 1 fully saturated rings. The Labute approximate surface area is 129 Å². The van der Waals surface area contributed by atoms with E-state index >= 15 is 0 Å². The first kappa shape index (κ1) is 15.6. The predicted molar refractivity (Wildman–Crippen MR) is 81.5 cm³/mol. The van der Waals surface area contributed by atoms with Crippen molar-refractivity contribution in [1.82, 2.24) is 4.90 Å². The third kappa shape index (κ3) is 4.35. The molecule has 4 nitrogen and oxygen atoms in total. The number of nitrogens with zero attached hydrogens (tertiary/aromatic N) is 1. The number of ether oxygens (including phenoxy) is 1. The van der Waals surface area contributed by atoms with Gasteiger partial charge in [0.1, 0.15) is 0 Å². The van der Waals surface area contributed by atoms with Crippen LogP contribution in [0.2, 0.25) is 10.0 Å². The molecule has 2 atom stereocenters. The second kappa shape index (κ2) is 6.76. The van der Waals surface area contributed by atoms with Crippen molar-refractivity contribution >= 4 is 34.8 Å². The van der Waals surface area contributed by atoms with E-state index in [4.69, 9.17) is 27.9 Å². The van der Waals surface area contributed by atoms with Crippen LogP contribution in [-0.2, 0) is 9.53 Å². The lowest BCUT2D eigenvalue weighted by molar-refractivity contribution is -0.121. The van der Waals surface area contributed by atoms with Crippen molar-refractivity contribution in [3.05, 3.63) is 28.2 Å². The number of morpholine rings is 1. The maximum atomic E-state index is 12.0. The van der Waals surface area contributed by atoms with Crippen molar-refractivity contribution in [2.75, 3.05) is 25.0 Å². The molecule has 1 aromatic rings. The van der Waals surface area contributed by atoms with E-state index in [0.717, 1.165) is 13.1 Å². The zero-order valence-electron chi connectivity index (χ0n) is 11.5. The number of carbonyl (C=O) groups excluding carboxylic acids is 1. The van der Waals surface area contributed by atoms with Crippen LogP contribution in [0, 0.1) is 0 Å². The number of halogens is 2. The van der Waals surface area contributed by atoms with Crippen molar-refractivity contribution in [3.8, 4) is 0 Å². The van der Waals surface area contributed by atoms with Crippen LogP contribution >= 0.6 is 23.2 Å². The van der Waals surface area contributed by atoms with Crippen LogP contribution in [0.4, 0.5) is 5.69 Å². The third-order valence-electron chi connectivity index (χ3n) is 3.07. The molecule has 2 rings (SSSR count). The molecule has 1 aliphatic heterocycles. The number of hydrogen-bond donors (Lipinski definition) is 1. The molecular weight excluding hydrogens is 299 g/mol. The van der Waals surface area contributed by atoms with E-state index in [-0.39, 0.29) is 18.1 Å². The smallest absolute Gasteiger partial charge is 0.238 e. The fourth-order valence-corrected chi connectivity index (χ4v) is 2.69. The highest BCUT2D eigenvalue weighted by atomic mass is 35.5. The first-order chi connectivity index (χ1) is 9.44. The number of nitrogens with one attached hydrogen (secondary N) is 1. The standard InChI is InChI=1S/C14H18Cl2N2O2/c1-9-6-18(7-10(2)20-9)8-14(19)17-11-3-4-12(15)13(16)5-11/h3-5,9-10H,6-8H2,1-2H3,(H,17,19)/t9-,10-/m0/s1. The Kier molecular flexibility index (Phi) is 5.27. The molecule has 0 bridgehead atoms. The molecule has 110 valence electrons. The lowest BCUT2D eigenvalue weighted by Crippen LogP contribution is -2.48. The highest BCUT2D eigenvalue weighted by molar-refractivity contribution is 6.42. The highest BCUT2D eigenvalue weighted by Crippen LogP contribution is 2.25. The average molecular weight is 317 g/mol. The monoisotopic (exact) mass is 316 g/mol. The zero-order valence-corrected chi connectivity index (χ0v) is 13.0. The van der Waals surface area contributed by atoms with E-state index in [1.165, 1.54) is 0 Å². The van der Waals surface area contributed by atoms with Crippen molar-refractivity contribution in [3.63, 3.8) is 0 Å². The summed E-state index contributed by atoms with van der Waals surface area (Å²) in [6.07, 6.45) is 0.299. The van der Waals surface area contributed by atoms with Gasteiger partial charge in [0.25, 0.3) is 0 Å². The molecule has 1 aliphatic rings. The first-order valence-electron chi connectivity index (χ1n) is 6.56. The van der Waals surface area contributed by atoms with Crippen LogP contribution in [0.3, 0.4) is 0 Å². The Morgan fingerprint density at radius 3 is 2.55 bits per heavy atom. The highest BCUT2D eigenvalue weighted by Gasteiger charge is 2.23. The largest absolute Gasteiger partial charge is 0.373 e. The van der Waals surface area contributed by atoms with Gasteiger partial charge in [-0.2, -0.15) is 0 Å². The topological polar surface area (TPSA) is 41.6 Å². The summed E-state index contributed by atoms with van der Waals surface area (Å²) in [5.41, 5.74) is 0.652. The van der Waals surface area contributed by atoms with Crippen molar-refractivity contribution in [2.24, 2.45) is 0 Å². The summed E-state index contributed by atoms with van der Waals surface area (Å²) in [4.78, 5) is 14.1. The molecule has 0 saturated carbocycles. The second-order valence-electron chi connectivity index (χ2n) is 5.13. The van der Waals surface area contributed by atoms with Gasteiger partial charge in [0.2, 0.25) is 5.91 Å². The molecule has 0 radical (unpaired) electrons. The maximum Gasteiger partial charge on any atom is 0.238 e. The van der Waals surface area contributed by atoms with Crippen LogP contribution < -0.4 is 5.32 Å². The van der Waals surface area contributed by atoms with Gasteiger partial charge in [-0.05, 0) is 32.0 Å². The van der Waals surface area contributed by atoms with Gasteiger partial charge in [-0.25, -0.2) is 0 Å². The maximum absolute atomic E-state index is 12.0. The molecule has 1 heterocycles. The number of anilines is 1. The van der Waals surface area contributed by atoms with Gasteiger partial charge < -0.3 is 10.1 Å². The van der Waals surface area contributed by atoms with E-state index in [9.17, 15) is 4.79 Å². The van der Waals surface area contributed by atoms with Gasteiger partial charge in [-0.15, -0.1) is 0 Å². The number of benzene rings is 1. The lowest BCUT2D eigenvalue weighted by atomic mass is 10.2. The Morgan fingerprint density at radius 1 is 1.30 bits per heavy atom. The van der Waals surface area contributed by atoms with E-state index in [2.05, 4.69) is 10.2 Å². The summed E-state index contributed by atoms with van der Waals surface area (Å²) in [6.45, 7) is 5.90. The normalized spacial score (nSPS) is 23.6. The van der Waals surface area contributed by atoms with Gasteiger partial charge in [0.05, 0.1) is 28.8 Å². The van der Waals surface area contributed by atoms with Crippen LogP contribution in [-0.4, -0.2) is 42.6 Å². The quantitative estimate of drug-likeness (QED) is 0.932. The molecule has 1 aromatic carbocycles. The van der Waals surface area contributed by atoms with Crippen LogP contribution in [0.1, 0.15) is 13.8 Å². The summed E-state index contributed by atoms with van der Waals surface area (Å²) in [5.74, 6) is -0.0651. The van der Waals surface area contributed by atoms with E-state index in [1.54, 1.807) is 18.2 Å². The molecule has 0 spiro atoms. The van der Waals surface area contributed by atoms with E-state index < -0.39 is 0 Å². The molecular formula is C14H18Cl2N2O2. The molecule has 1 amide bonds. The third-order valence-corrected chi connectivity index (χ3v) is 3.80. The second-order valence-corrected chi connectivity index (χ2v) is 5.94. The van der Waals surface area contributed by atoms with Gasteiger partial charge in [0, 0.05) is 18.8 Å². The fraction of sp³-hybridized carbons (Fsp3) is 0.500. The van der Waals surface area contributed by atoms with Gasteiger partial charge in [-0.1, -0.05) is 23.2 Å². The lowest BCUT2D eigenvalue weighted by Gasteiger charge is -2.34. The van der Waals surface area contributed by atoms with Gasteiger partial charge in [-0.3, -0.25) is 9.69 Å². The molecule has 1 saturated heterocycles. The molecule has 0 aliphatic carbocycles. The van der Waals surface area contributed by atoms with Crippen molar-refractivity contribution < 1.29 is 9.53 Å². The molecule has 1 N–H and O–H groups in total. The molecule has 6 heteroatoms. The van der Waals surface area contributed by atoms with Crippen LogP contribution in [0.15, 0.2) is 18.2 Å². The van der Waals surface area contributed by atoms with Gasteiger partial charge in [0.15, 0.2) is 0 Å². The Hall–Kier alpha value is -0.810. The van der Waals surface area contributed by atoms with Crippen LogP contribution in [0.5, 0.6) is 0 Å². The molecule has 20 heavy (non-hydrogen) atoms. The number of rotatable bonds is 3. The zero-order chi connectivity index (χ0) is 14.7. The molecule has 0 unspecified atom stereocenters. The summed E-state index contributed by atoms with van der Waals surface area (Å²) in [5, 5.41) is 3.72. The Morgan fingerprint density at radius 2 is 1.95 bits per heavy atom. The Bertz CT molecular complexity index is 486. The fourth-order valence-electron chi connectivity index (χ4n) is 2.39. The first-order valence-corrected chi connectivity index (χ1v) is 7.32. The number of hydrogen-bond acceptors (Lipinski definition) is 3. The minimum absolute atomic E-state index is 0.0651. The Balaban J connectivity index is 1.90. The number of carbonyl (C=O) groups is 1. The van der Waals surface area contributed by atoms with Gasteiger partial charge >= 0.3 is 0 Å². The van der Waals surface area contributed by atoms with Crippen LogP contribution in [0.25, 0.3) is 0 Å². The minimum Gasteiger partial charge on any atom is -0.373 e. The summed E-state index contributed by atoms with van der Waals surface area (Å²) in [7, 11) is 0. The van der Waals surface area contributed by atoms with E-state index in [1.807, 2.05) is 13.8 Å². The van der Waals surface area contributed by atoms with Crippen molar-refractivity contribution in [1.29, 1.82) is 0 Å².